The van der Waals surface area contributed by atoms with E-state index in [0.717, 1.165) is 22.5 Å². The lowest BCUT2D eigenvalue weighted by atomic mass is 9.87. The van der Waals surface area contributed by atoms with Crippen molar-refractivity contribution >= 4 is 27.6 Å². The van der Waals surface area contributed by atoms with Crippen LogP contribution in [0, 0.1) is 5.82 Å². The molecular formula is C15H17F3N4O3S. The second-order valence-corrected chi connectivity index (χ2v) is 8.42. The summed E-state index contributed by atoms with van der Waals surface area (Å²) in [5.74, 6) is -2.56. The van der Waals surface area contributed by atoms with Crippen molar-refractivity contribution in [3.05, 3.63) is 29.6 Å². The molecule has 1 saturated carbocycles. The quantitative estimate of drug-likeness (QED) is 0.813. The molecule has 3 rings (SSSR count). The number of alkyl halides is 2. The van der Waals surface area contributed by atoms with Crippen LogP contribution in [0.15, 0.2) is 23.2 Å². The number of nitrogens with two attached hydrogens (primary N) is 1. The van der Waals surface area contributed by atoms with Crippen molar-refractivity contribution in [1.29, 1.82) is 0 Å². The highest BCUT2D eigenvalue weighted by atomic mass is 32.2. The van der Waals surface area contributed by atoms with Gasteiger partial charge in [-0.2, -0.15) is 8.78 Å². The third kappa shape index (κ3) is 2.70. The Labute approximate surface area is 148 Å². The number of carbonyl (C=O) groups is 1. The Hall–Kier alpha value is -2.30. The number of carbonyl (C=O) groups excluding carboxylic acids is 1. The van der Waals surface area contributed by atoms with Crippen molar-refractivity contribution in [2.45, 2.75) is 36.5 Å². The van der Waals surface area contributed by atoms with Gasteiger partial charge in [0, 0.05) is 18.3 Å². The fraction of sp³-hybridized carbons (Fsp3) is 0.467. The van der Waals surface area contributed by atoms with Gasteiger partial charge in [-0.15, -0.1) is 0 Å². The van der Waals surface area contributed by atoms with Crippen LogP contribution in [0.2, 0.25) is 0 Å². The van der Waals surface area contributed by atoms with Crippen molar-refractivity contribution in [3.63, 3.8) is 0 Å². The zero-order chi connectivity index (χ0) is 19.3. The SMILES string of the molecule is CN1C(N)=NC2(c3cc(NC(=O)C(F)F)ccc3F)CCCC2S1(=O)=O. The summed E-state index contributed by atoms with van der Waals surface area (Å²) in [4.78, 5) is 15.5. The van der Waals surface area contributed by atoms with E-state index in [0.29, 0.717) is 6.42 Å². The Morgan fingerprint density at radius 1 is 1.46 bits per heavy atom. The van der Waals surface area contributed by atoms with Crippen LogP contribution in [0.1, 0.15) is 24.8 Å². The van der Waals surface area contributed by atoms with E-state index in [1.54, 1.807) is 0 Å². The Morgan fingerprint density at radius 3 is 2.81 bits per heavy atom. The molecule has 1 heterocycles. The van der Waals surface area contributed by atoms with E-state index in [2.05, 4.69) is 4.99 Å². The van der Waals surface area contributed by atoms with E-state index < -0.39 is 39.0 Å². The minimum Gasteiger partial charge on any atom is -0.369 e. The fourth-order valence-corrected chi connectivity index (χ4v) is 5.51. The summed E-state index contributed by atoms with van der Waals surface area (Å²) in [5.41, 5.74) is 4.13. The van der Waals surface area contributed by atoms with Crippen molar-refractivity contribution in [1.82, 2.24) is 4.31 Å². The molecule has 0 saturated heterocycles. The predicted octanol–water partition coefficient (Wildman–Crippen LogP) is 1.37. The van der Waals surface area contributed by atoms with Gasteiger partial charge in [0.1, 0.15) is 16.6 Å². The maximum atomic E-state index is 14.6. The summed E-state index contributed by atoms with van der Waals surface area (Å²) in [7, 11) is -2.59. The molecule has 1 aliphatic heterocycles. The van der Waals surface area contributed by atoms with E-state index in [1.165, 1.54) is 7.05 Å². The van der Waals surface area contributed by atoms with E-state index in [1.807, 2.05) is 5.32 Å². The number of guanidine groups is 1. The number of halogens is 3. The predicted molar refractivity (Wildman–Crippen MR) is 88.7 cm³/mol. The minimum absolute atomic E-state index is 0.0724. The standard InChI is InChI=1S/C15H17F3N4O3S/c1-22-14(19)21-15(6-2-3-11(15)26(22,24)25)9-7-8(4-5-10(9)16)20-13(23)12(17)18/h4-5,7,11-12H,2-3,6H2,1H3,(H2,19,21)(H,20,23). The van der Waals surface area contributed by atoms with Gasteiger partial charge < -0.3 is 11.1 Å². The second-order valence-electron chi connectivity index (χ2n) is 6.27. The highest BCUT2D eigenvalue weighted by Crippen LogP contribution is 2.49. The third-order valence-electron chi connectivity index (χ3n) is 4.83. The number of aliphatic imine (C=N–C) groups is 1. The molecule has 0 radical (unpaired) electrons. The lowest BCUT2D eigenvalue weighted by Crippen LogP contribution is -2.55. The zero-order valence-corrected chi connectivity index (χ0v) is 14.6. The monoisotopic (exact) mass is 390 g/mol. The number of sulfonamides is 1. The van der Waals surface area contributed by atoms with E-state index >= 15 is 0 Å². The summed E-state index contributed by atoms with van der Waals surface area (Å²) >= 11 is 0. The average Bonchev–Trinajstić information content (AvgIpc) is 3.00. The molecular weight excluding hydrogens is 373 g/mol. The highest BCUT2D eigenvalue weighted by molar-refractivity contribution is 7.90. The second kappa shape index (κ2) is 6.15. The number of nitrogens with one attached hydrogen (secondary N) is 1. The third-order valence-corrected chi connectivity index (χ3v) is 7.13. The van der Waals surface area contributed by atoms with E-state index in [4.69, 9.17) is 5.73 Å². The summed E-state index contributed by atoms with van der Waals surface area (Å²) in [6.45, 7) is 0. The Kier molecular flexibility index (Phi) is 4.37. The first-order valence-electron chi connectivity index (χ1n) is 7.82. The molecule has 2 unspecified atom stereocenters. The molecule has 1 aromatic carbocycles. The molecule has 1 aliphatic carbocycles. The number of fused-ring (bicyclic) bond motifs is 1. The zero-order valence-electron chi connectivity index (χ0n) is 13.7. The van der Waals surface area contributed by atoms with Gasteiger partial charge in [-0.05, 0) is 37.5 Å². The number of amides is 1. The van der Waals surface area contributed by atoms with Crippen LogP contribution >= 0.6 is 0 Å². The molecule has 0 bridgehead atoms. The number of nitrogens with zero attached hydrogens (tertiary/aromatic N) is 2. The molecule has 1 aromatic rings. The molecule has 2 aliphatic rings. The van der Waals surface area contributed by atoms with Crippen molar-refractivity contribution in [2.75, 3.05) is 12.4 Å². The van der Waals surface area contributed by atoms with Crippen LogP contribution < -0.4 is 11.1 Å². The molecule has 0 spiro atoms. The topological polar surface area (TPSA) is 105 Å². The van der Waals surface area contributed by atoms with Gasteiger partial charge in [-0.25, -0.2) is 22.1 Å². The Morgan fingerprint density at radius 2 is 2.15 bits per heavy atom. The van der Waals surface area contributed by atoms with Crippen LogP contribution in [0.5, 0.6) is 0 Å². The van der Waals surface area contributed by atoms with Crippen LogP contribution in [-0.4, -0.2) is 43.3 Å². The minimum atomic E-state index is -3.86. The van der Waals surface area contributed by atoms with Gasteiger partial charge in [-0.3, -0.25) is 4.79 Å². The van der Waals surface area contributed by atoms with Crippen LogP contribution in [-0.2, 0) is 20.4 Å². The molecule has 26 heavy (non-hydrogen) atoms. The number of hydrogen-bond acceptors (Lipinski definition) is 5. The number of rotatable bonds is 3. The molecule has 142 valence electrons. The fourth-order valence-electron chi connectivity index (χ4n) is 3.58. The summed E-state index contributed by atoms with van der Waals surface area (Å²) in [6, 6.07) is 3.25. The number of hydrogen-bond donors (Lipinski definition) is 2. The van der Waals surface area contributed by atoms with Crippen molar-refractivity contribution in [3.8, 4) is 0 Å². The first kappa shape index (κ1) is 18.5. The molecule has 1 fully saturated rings. The summed E-state index contributed by atoms with van der Waals surface area (Å²) < 4.78 is 65.8. The van der Waals surface area contributed by atoms with Gasteiger partial charge in [0.25, 0.3) is 5.91 Å². The maximum absolute atomic E-state index is 14.6. The summed E-state index contributed by atoms with van der Waals surface area (Å²) in [6.07, 6.45) is -2.27. The van der Waals surface area contributed by atoms with Gasteiger partial charge in [0.05, 0.1) is 0 Å². The maximum Gasteiger partial charge on any atom is 0.315 e. The van der Waals surface area contributed by atoms with Crippen LogP contribution in [0.25, 0.3) is 0 Å². The van der Waals surface area contributed by atoms with Gasteiger partial charge in [0.2, 0.25) is 16.0 Å². The molecule has 2 atom stereocenters. The summed E-state index contributed by atoms with van der Waals surface area (Å²) in [5, 5.41) is 0.945. The average molecular weight is 390 g/mol. The molecule has 1 amide bonds. The lowest BCUT2D eigenvalue weighted by Gasteiger charge is -2.39. The largest absolute Gasteiger partial charge is 0.369 e. The molecule has 7 nitrogen and oxygen atoms in total. The Balaban J connectivity index is 2.14. The van der Waals surface area contributed by atoms with Gasteiger partial charge in [0.15, 0.2) is 0 Å². The number of anilines is 1. The van der Waals surface area contributed by atoms with Crippen molar-refractivity contribution in [2.24, 2.45) is 10.7 Å². The van der Waals surface area contributed by atoms with Gasteiger partial charge in [-0.1, -0.05) is 0 Å². The first-order chi connectivity index (χ1) is 12.1. The first-order valence-corrected chi connectivity index (χ1v) is 9.32. The molecule has 11 heteroatoms. The van der Waals surface area contributed by atoms with Crippen LogP contribution in [0.4, 0.5) is 18.9 Å². The van der Waals surface area contributed by atoms with Crippen LogP contribution in [0.3, 0.4) is 0 Å². The normalized spacial score (nSPS) is 27.2. The molecule has 0 aromatic heterocycles. The van der Waals surface area contributed by atoms with E-state index in [-0.39, 0.29) is 30.1 Å². The smallest absolute Gasteiger partial charge is 0.315 e. The Bertz CT molecular complexity index is 890. The lowest BCUT2D eigenvalue weighted by molar-refractivity contribution is -0.126. The van der Waals surface area contributed by atoms with E-state index in [9.17, 15) is 26.4 Å². The molecule has 3 N–H and O–H groups in total. The van der Waals surface area contributed by atoms with Gasteiger partial charge >= 0.3 is 6.43 Å². The highest BCUT2D eigenvalue weighted by Gasteiger charge is 2.56. The van der Waals surface area contributed by atoms with Crippen molar-refractivity contribution < 1.29 is 26.4 Å². The number of benzene rings is 1.